The Morgan fingerprint density at radius 2 is 1.82 bits per heavy atom. The zero-order chi connectivity index (χ0) is 27.2. The number of H-pyrrole nitrogens is 1. The smallest absolute Gasteiger partial charge is 0.330 e. The van der Waals surface area contributed by atoms with Gasteiger partial charge >= 0.3 is 5.69 Å². The van der Waals surface area contributed by atoms with E-state index in [-0.39, 0.29) is 37.0 Å². The summed E-state index contributed by atoms with van der Waals surface area (Å²) >= 11 is 1.06. The number of nitrogen functional groups attached to an aromatic ring is 2. The Labute approximate surface area is 222 Å². The lowest BCUT2D eigenvalue weighted by Crippen LogP contribution is -2.43. The van der Waals surface area contributed by atoms with E-state index in [0.717, 1.165) is 28.5 Å². The van der Waals surface area contributed by atoms with E-state index in [9.17, 15) is 14.4 Å². The number of nitrogens with one attached hydrogen (secondary N) is 1. The van der Waals surface area contributed by atoms with Crippen molar-refractivity contribution in [3.05, 3.63) is 86.6 Å². The predicted molar refractivity (Wildman–Crippen MR) is 147 cm³/mol. The second-order valence-corrected chi connectivity index (χ2v) is 9.38. The second kappa shape index (κ2) is 11.8. The van der Waals surface area contributed by atoms with Crippen molar-refractivity contribution in [2.75, 3.05) is 42.5 Å². The van der Waals surface area contributed by atoms with E-state index in [1.165, 1.54) is 21.3 Å². The molecule has 38 heavy (non-hydrogen) atoms. The molecule has 13 heteroatoms. The first kappa shape index (κ1) is 26.7. The number of hydrogen-bond acceptors (Lipinski definition) is 9. The molecule has 0 aliphatic heterocycles. The number of benzene rings is 2. The highest BCUT2D eigenvalue weighted by Gasteiger charge is 2.25. The molecule has 4 aromatic rings. The van der Waals surface area contributed by atoms with Gasteiger partial charge in [0.15, 0.2) is 11.5 Å². The number of ether oxygens (including phenoxy) is 1. The number of thioether (sulfide) groups is 1. The average Bonchev–Trinajstić information content (AvgIpc) is 3.28. The molecule has 0 fully saturated rings. The molecule has 4 rings (SSSR count). The number of nitrogens with two attached hydrogens (primary N) is 2. The minimum atomic E-state index is -0.769. The molecule has 0 aliphatic rings. The topological polar surface area (TPSA) is 167 Å². The number of aromatic nitrogens is 5. The molecule has 1 amide bonds. The molecule has 0 radical (unpaired) electrons. The van der Waals surface area contributed by atoms with Crippen molar-refractivity contribution in [3.8, 4) is 11.4 Å². The van der Waals surface area contributed by atoms with Crippen LogP contribution in [0.15, 0.2) is 69.3 Å². The quantitative estimate of drug-likeness (QED) is 0.199. The van der Waals surface area contributed by atoms with Gasteiger partial charge in [-0.3, -0.25) is 19.1 Å². The summed E-state index contributed by atoms with van der Waals surface area (Å²) in [5.74, 6) is 5.95. The lowest BCUT2D eigenvalue weighted by molar-refractivity contribution is -0.116. The largest absolute Gasteiger partial charge is 0.383 e. The Balaban J connectivity index is 1.60. The molecule has 0 saturated carbocycles. The fourth-order valence-corrected chi connectivity index (χ4v) is 4.52. The molecule has 2 heterocycles. The number of hydrogen-bond donors (Lipinski definition) is 3. The van der Waals surface area contributed by atoms with Gasteiger partial charge in [-0.15, -0.1) is 10.2 Å². The molecule has 0 aliphatic carbocycles. The maximum absolute atomic E-state index is 13.4. The second-order valence-electron chi connectivity index (χ2n) is 8.43. The number of methoxy groups -OCH3 is 1. The van der Waals surface area contributed by atoms with Gasteiger partial charge in [-0.25, -0.2) is 9.47 Å². The van der Waals surface area contributed by atoms with Gasteiger partial charge in [-0.2, -0.15) is 0 Å². The van der Waals surface area contributed by atoms with Crippen LogP contribution in [0.5, 0.6) is 0 Å². The van der Waals surface area contributed by atoms with E-state index in [4.69, 9.17) is 16.3 Å². The summed E-state index contributed by atoms with van der Waals surface area (Å²) in [7, 11) is 1.48. The molecular formula is C25H28N8O4S. The number of anilines is 2. The molecule has 2 aromatic heterocycles. The number of rotatable bonds is 10. The first-order valence-electron chi connectivity index (χ1n) is 11.7. The lowest BCUT2D eigenvalue weighted by atomic mass is 10.1. The van der Waals surface area contributed by atoms with Crippen molar-refractivity contribution in [2.24, 2.45) is 0 Å². The average molecular weight is 537 g/mol. The highest BCUT2D eigenvalue weighted by molar-refractivity contribution is 7.99. The molecule has 0 spiro atoms. The number of aryl methyl sites for hydroxylation is 1. The molecule has 0 saturated heterocycles. The summed E-state index contributed by atoms with van der Waals surface area (Å²) in [4.78, 5) is 42.3. The minimum Gasteiger partial charge on any atom is -0.383 e. The molecule has 2 aromatic carbocycles. The van der Waals surface area contributed by atoms with Crippen molar-refractivity contribution >= 4 is 29.2 Å². The Bertz CT molecular complexity index is 1530. The van der Waals surface area contributed by atoms with Gasteiger partial charge in [0, 0.05) is 19.2 Å². The van der Waals surface area contributed by atoms with Gasteiger partial charge in [0.2, 0.25) is 11.1 Å². The first-order chi connectivity index (χ1) is 18.3. The Kier molecular flexibility index (Phi) is 8.28. The normalized spacial score (nSPS) is 11.0. The van der Waals surface area contributed by atoms with E-state index >= 15 is 0 Å². The van der Waals surface area contributed by atoms with Gasteiger partial charge in [0.05, 0.1) is 18.9 Å². The van der Waals surface area contributed by atoms with Crippen LogP contribution in [-0.2, 0) is 16.1 Å². The summed E-state index contributed by atoms with van der Waals surface area (Å²) in [6.45, 7) is 2.27. The van der Waals surface area contributed by atoms with E-state index in [1.807, 2.05) is 61.5 Å². The van der Waals surface area contributed by atoms with E-state index < -0.39 is 17.2 Å². The zero-order valence-corrected chi connectivity index (χ0v) is 21.8. The maximum Gasteiger partial charge on any atom is 0.330 e. The Hall–Kier alpha value is -4.36. The van der Waals surface area contributed by atoms with Crippen LogP contribution in [0.25, 0.3) is 11.4 Å². The fourth-order valence-electron chi connectivity index (χ4n) is 3.78. The maximum atomic E-state index is 13.4. The van der Waals surface area contributed by atoms with Crippen molar-refractivity contribution < 1.29 is 9.53 Å². The highest BCUT2D eigenvalue weighted by atomic mass is 32.2. The van der Waals surface area contributed by atoms with Crippen molar-refractivity contribution in [1.29, 1.82) is 0 Å². The molecular weight excluding hydrogens is 508 g/mol. The molecule has 0 unspecified atom stereocenters. The van der Waals surface area contributed by atoms with E-state index in [1.54, 1.807) is 0 Å². The van der Waals surface area contributed by atoms with Crippen LogP contribution < -0.4 is 27.7 Å². The summed E-state index contributed by atoms with van der Waals surface area (Å²) in [5.41, 5.74) is 7.42. The van der Waals surface area contributed by atoms with Gasteiger partial charge in [-0.1, -0.05) is 71.9 Å². The first-order valence-corrected chi connectivity index (χ1v) is 12.6. The molecule has 0 bridgehead atoms. The van der Waals surface area contributed by atoms with Gasteiger partial charge in [0.1, 0.15) is 5.82 Å². The van der Waals surface area contributed by atoms with Crippen molar-refractivity contribution in [3.63, 3.8) is 0 Å². The summed E-state index contributed by atoms with van der Waals surface area (Å²) < 4.78 is 7.67. The Morgan fingerprint density at radius 1 is 1.11 bits per heavy atom. The van der Waals surface area contributed by atoms with Crippen LogP contribution in [0, 0.1) is 6.92 Å². The van der Waals surface area contributed by atoms with E-state index in [2.05, 4.69) is 15.2 Å². The number of carbonyl (C=O) groups excluding carboxylic acids is 1. The third-order valence-corrected chi connectivity index (χ3v) is 6.71. The van der Waals surface area contributed by atoms with Crippen LogP contribution in [0.1, 0.15) is 11.1 Å². The number of amides is 1. The third kappa shape index (κ3) is 5.79. The van der Waals surface area contributed by atoms with E-state index in [0.29, 0.717) is 11.0 Å². The van der Waals surface area contributed by atoms with Gasteiger partial charge in [-0.05, 0) is 12.5 Å². The Morgan fingerprint density at radius 3 is 2.50 bits per heavy atom. The number of carbonyl (C=O) groups is 1. The fraction of sp³-hybridized carbons (Fsp3) is 0.240. The SMILES string of the molecule is COCCN(C(=O)CSc1nnc(-c2ccc(C)cc2)n1N)c1c(N)n(Cc2ccccc2)c(=O)[nH]c1=O. The van der Waals surface area contributed by atoms with Gasteiger partial charge in [0.25, 0.3) is 5.56 Å². The van der Waals surface area contributed by atoms with Crippen LogP contribution in [-0.4, -0.2) is 56.3 Å². The van der Waals surface area contributed by atoms with Crippen LogP contribution in [0.2, 0.25) is 0 Å². The predicted octanol–water partition coefficient (Wildman–Crippen LogP) is 1.22. The lowest BCUT2D eigenvalue weighted by Gasteiger charge is -2.24. The molecule has 198 valence electrons. The molecule has 5 N–H and O–H groups in total. The van der Waals surface area contributed by atoms with Gasteiger partial charge < -0.3 is 21.2 Å². The highest BCUT2D eigenvalue weighted by Crippen LogP contribution is 2.24. The minimum absolute atomic E-state index is 0.0383. The van der Waals surface area contributed by atoms with Crippen molar-refractivity contribution in [1.82, 2.24) is 24.4 Å². The standard InChI is InChI=1S/C25H28N8O4S/c1-16-8-10-18(11-9-16)22-29-30-25(33(22)27)38-15-19(34)31(12-13-37-2)20-21(26)32(24(36)28-23(20)35)14-17-6-4-3-5-7-17/h3-11H,12-15,26-27H2,1-2H3,(H,28,35,36). The van der Waals surface area contributed by atoms with Crippen LogP contribution in [0.3, 0.4) is 0 Å². The summed E-state index contributed by atoms with van der Waals surface area (Å²) in [6.07, 6.45) is 0. The number of aromatic amines is 1. The zero-order valence-electron chi connectivity index (χ0n) is 21.0. The summed E-state index contributed by atoms with van der Waals surface area (Å²) in [6, 6.07) is 16.8. The third-order valence-electron chi connectivity index (χ3n) is 5.79. The number of nitrogens with zero attached hydrogens (tertiary/aromatic N) is 5. The van der Waals surface area contributed by atoms with Crippen molar-refractivity contribution in [2.45, 2.75) is 18.6 Å². The van der Waals surface area contributed by atoms with Crippen LogP contribution in [0.4, 0.5) is 11.5 Å². The van der Waals surface area contributed by atoms with Crippen LogP contribution >= 0.6 is 11.8 Å². The summed E-state index contributed by atoms with van der Waals surface area (Å²) in [5, 5.41) is 8.57. The molecule has 0 atom stereocenters. The molecule has 12 nitrogen and oxygen atoms in total. The monoisotopic (exact) mass is 536 g/mol.